The summed E-state index contributed by atoms with van der Waals surface area (Å²) in [5, 5.41) is 12.3. The molecule has 0 aromatic heterocycles. The number of rotatable bonds is 4. The Morgan fingerprint density at radius 1 is 1.26 bits per heavy atom. The second-order valence-electron chi connectivity index (χ2n) is 5.31. The second-order valence-corrected chi connectivity index (χ2v) is 5.75. The van der Waals surface area contributed by atoms with E-state index >= 15 is 0 Å². The van der Waals surface area contributed by atoms with Crippen molar-refractivity contribution in [2.75, 3.05) is 5.32 Å². The van der Waals surface area contributed by atoms with E-state index in [0.717, 1.165) is 11.1 Å². The quantitative estimate of drug-likeness (QED) is 0.913. The lowest BCUT2D eigenvalue weighted by atomic mass is 10.1. The first-order valence-electron chi connectivity index (χ1n) is 7.15. The number of hydrogen-bond acceptors (Lipinski definition) is 3. The molecule has 4 nitrogen and oxygen atoms in total. The molecule has 1 atom stereocenters. The monoisotopic (exact) mass is 328 g/mol. The van der Waals surface area contributed by atoms with E-state index < -0.39 is 6.10 Å². The number of benzene rings is 2. The maximum absolute atomic E-state index is 12.3. The van der Waals surface area contributed by atoms with Gasteiger partial charge < -0.3 is 10.1 Å². The smallest absolute Gasteiger partial charge is 0.265 e. The molecule has 0 radical (unpaired) electrons. The van der Waals surface area contributed by atoms with Crippen molar-refractivity contribution in [3.63, 3.8) is 0 Å². The first kappa shape index (κ1) is 16.9. The lowest BCUT2D eigenvalue weighted by molar-refractivity contribution is -0.122. The van der Waals surface area contributed by atoms with Crippen molar-refractivity contribution in [1.82, 2.24) is 0 Å². The molecule has 0 saturated carbocycles. The summed E-state index contributed by atoms with van der Waals surface area (Å²) in [5.41, 5.74) is 2.80. The third-order valence-electron chi connectivity index (χ3n) is 3.35. The first-order chi connectivity index (χ1) is 10.9. The third kappa shape index (κ3) is 4.24. The van der Waals surface area contributed by atoms with Crippen LogP contribution >= 0.6 is 11.6 Å². The van der Waals surface area contributed by atoms with Gasteiger partial charge in [-0.1, -0.05) is 17.7 Å². The molecule has 118 valence electrons. The summed E-state index contributed by atoms with van der Waals surface area (Å²) in [6.45, 7) is 5.45. The first-order valence-corrected chi connectivity index (χ1v) is 7.53. The van der Waals surface area contributed by atoms with Gasteiger partial charge in [-0.25, -0.2) is 0 Å². The van der Waals surface area contributed by atoms with Gasteiger partial charge >= 0.3 is 0 Å². The molecule has 2 aromatic carbocycles. The number of amides is 1. The molecule has 0 bridgehead atoms. The number of carbonyl (C=O) groups is 1. The van der Waals surface area contributed by atoms with Crippen LogP contribution in [-0.2, 0) is 4.79 Å². The summed E-state index contributed by atoms with van der Waals surface area (Å²) < 4.78 is 5.79. The minimum absolute atomic E-state index is 0.283. The zero-order valence-electron chi connectivity index (χ0n) is 13.2. The van der Waals surface area contributed by atoms with Crippen LogP contribution in [0, 0.1) is 25.2 Å². The van der Waals surface area contributed by atoms with Crippen molar-refractivity contribution in [1.29, 1.82) is 5.26 Å². The lowest BCUT2D eigenvalue weighted by Crippen LogP contribution is -2.30. The second kappa shape index (κ2) is 7.17. The standard InChI is InChI=1S/C18H17ClN2O2/c1-11-7-15(19)8-12(2)17(11)23-13(3)18(22)21-16-6-4-5-14(9-16)10-20/h4-9,13H,1-3H3,(H,21,22)/t13-/m1/s1. The molecule has 0 heterocycles. The highest BCUT2D eigenvalue weighted by Gasteiger charge is 2.17. The van der Waals surface area contributed by atoms with Gasteiger partial charge in [-0.3, -0.25) is 4.79 Å². The fourth-order valence-corrected chi connectivity index (χ4v) is 2.55. The molecule has 5 heteroatoms. The van der Waals surface area contributed by atoms with Gasteiger partial charge in [0, 0.05) is 10.7 Å². The van der Waals surface area contributed by atoms with Crippen LogP contribution in [0.1, 0.15) is 23.6 Å². The zero-order chi connectivity index (χ0) is 17.0. The van der Waals surface area contributed by atoms with Gasteiger partial charge in [0.25, 0.3) is 5.91 Å². The Bertz CT molecular complexity index is 758. The van der Waals surface area contributed by atoms with Crippen molar-refractivity contribution in [3.05, 3.63) is 58.1 Å². The van der Waals surface area contributed by atoms with Crippen molar-refractivity contribution < 1.29 is 9.53 Å². The Morgan fingerprint density at radius 3 is 2.52 bits per heavy atom. The summed E-state index contributed by atoms with van der Waals surface area (Å²) in [7, 11) is 0. The molecule has 2 aromatic rings. The minimum Gasteiger partial charge on any atom is -0.480 e. The van der Waals surface area contributed by atoms with Crippen LogP contribution in [0.3, 0.4) is 0 Å². The zero-order valence-corrected chi connectivity index (χ0v) is 13.9. The molecule has 0 aliphatic heterocycles. The molecule has 0 aliphatic rings. The van der Waals surface area contributed by atoms with Gasteiger partial charge in [0.1, 0.15) is 5.75 Å². The fraction of sp³-hybridized carbons (Fsp3) is 0.222. The molecule has 23 heavy (non-hydrogen) atoms. The van der Waals surface area contributed by atoms with E-state index in [9.17, 15) is 4.79 Å². The Labute approximate surface area is 140 Å². The SMILES string of the molecule is Cc1cc(Cl)cc(C)c1O[C@H](C)C(=O)Nc1cccc(C#N)c1. The Hall–Kier alpha value is -2.51. The van der Waals surface area contributed by atoms with Crippen molar-refractivity contribution in [3.8, 4) is 11.8 Å². The maximum Gasteiger partial charge on any atom is 0.265 e. The van der Waals surface area contributed by atoms with E-state index in [4.69, 9.17) is 21.6 Å². The molecular weight excluding hydrogens is 312 g/mol. The van der Waals surface area contributed by atoms with Crippen LogP contribution in [0.2, 0.25) is 5.02 Å². The predicted octanol–water partition coefficient (Wildman–Crippen LogP) is 4.23. The minimum atomic E-state index is -0.681. The highest BCUT2D eigenvalue weighted by molar-refractivity contribution is 6.30. The van der Waals surface area contributed by atoms with Crippen LogP contribution in [-0.4, -0.2) is 12.0 Å². The fourth-order valence-electron chi connectivity index (χ4n) is 2.22. The number of hydrogen-bond donors (Lipinski definition) is 1. The summed E-state index contributed by atoms with van der Waals surface area (Å²) >= 11 is 6.00. The van der Waals surface area contributed by atoms with Crippen molar-refractivity contribution in [2.45, 2.75) is 26.9 Å². The van der Waals surface area contributed by atoms with E-state index in [1.165, 1.54) is 0 Å². The number of halogens is 1. The van der Waals surface area contributed by atoms with E-state index in [-0.39, 0.29) is 5.91 Å². The number of nitrogens with zero attached hydrogens (tertiary/aromatic N) is 1. The van der Waals surface area contributed by atoms with Crippen molar-refractivity contribution in [2.24, 2.45) is 0 Å². The van der Waals surface area contributed by atoms with Gasteiger partial charge in [0.05, 0.1) is 11.6 Å². The molecule has 2 rings (SSSR count). The number of anilines is 1. The number of nitriles is 1. The maximum atomic E-state index is 12.3. The Balaban J connectivity index is 2.10. The molecule has 0 fully saturated rings. The Morgan fingerprint density at radius 2 is 1.91 bits per heavy atom. The highest BCUT2D eigenvalue weighted by atomic mass is 35.5. The highest BCUT2D eigenvalue weighted by Crippen LogP contribution is 2.28. The van der Waals surface area contributed by atoms with Crippen molar-refractivity contribution >= 4 is 23.2 Å². The molecule has 0 saturated heterocycles. The van der Waals surface area contributed by atoms with Gasteiger partial charge in [-0.05, 0) is 62.2 Å². The molecule has 0 spiro atoms. The normalized spacial score (nSPS) is 11.4. The van der Waals surface area contributed by atoms with E-state index in [1.807, 2.05) is 19.9 Å². The molecule has 0 unspecified atom stereocenters. The number of ether oxygens (including phenoxy) is 1. The van der Waals surface area contributed by atoms with Crippen LogP contribution in [0.5, 0.6) is 5.75 Å². The average Bonchev–Trinajstić information content (AvgIpc) is 2.50. The summed E-state index contributed by atoms with van der Waals surface area (Å²) in [5.74, 6) is 0.372. The predicted molar refractivity (Wildman–Crippen MR) is 90.8 cm³/mol. The van der Waals surface area contributed by atoms with E-state index in [1.54, 1.807) is 43.3 Å². The summed E-state index contributed by atoms with van der Waals surface area (Å²) in [6.07, 6.45) is -0.681. The summed E-state index contributed by atoms with van der Waals surface area (Å²) in [4.78, 5) is 12.3. The largest absolute Gasteiger partial charge is 0.480 e. The topological polar surface area (TPSA) is 62.1 Å². The van der Waals surface area contributed by atoms with Crippen LogP contribution in [0.15, 0.2) is 36.4 Å². The van der Waals surface area contributed by atoms with Crippen LogP contribution < -0.4 is 10.1 Å². The summed E-state index contributed by atoms with van der Waals surface area (Å²) in [6, 6.07) is 12.4. The van der Waals surface area contributed by atoms with Crippen LogP contribution in [0.4, 0.5) is 5.69 Å². The van der Waals surface area contributed by atoms with Gasteiger partial charge in [0.15, 0.2) is 6.10 Å². The van der Waals surface area contributed by atoms with Gasteiger partial charge in [0.2, 0.25) is 0 Å². The third-order valence-corrected chi connectivity index (χ3v) is 3.57. The molecule has 1 N–H and O–H groups in total. The molecule has 1 amide bonds. The average molecular weight is 329 g/mol. The van der Waals surface area contributed by atoms with E-state index in [2.05, 4.69) is 5.32 Å². The van der Waals surface area contributed by atoms with Gasteiger partial charge in [-0.15, -0.1) is 0 Å². The number of nitrogens with one attached hydrogen (secondary N) is 1. The molecule has 0 aliphatic carbocycles. The Kier molecular flexibility index (Phi) is 5.25. The van der Waals surface area contributed by atoms with Crippen LogP contribution in [0.25, 0.3) is 0 Å². The lowest BCUT2D eigenvalue weighted by Gasteiger charge is -2.18. The van der Waals surface area contributed by atoms with E-state index in [0.29, 0.717) is 22.0 Å². The number of carbonyl (C=O) groups excluding carboxylic acids is 1. The van der Waals surface area contributed by atoms with Gasteiger partial charge in [-0.2, -0.15) is 5.26 Å². The molecular formula is C18H17ClN2O2. The number of aryl methyl sites for hydroxylation is 2.